The van der Waals surface area contributed by atoms with Gasteiger partial charge >= 0.3 is 0 Å². The fourth-order valence-electron chi connectivity index (χ4n) is 3.16. The van der Waals surface area contributed by atoms with Gasteiger partial charge in [0.05, 0.1) is 29.2 Å². The number of hydrogen-bond acceptors (Lipinski definition) is 6. The quantitative estimate of drug-likeness (QED) is 0.491. The molecule has 162 valence electrons. The molecule has 0 aliphatic rings. The third-order valence-corrected chi connectivity index (χ3v) is 6.15. The zero-order valence-electron chi connectivity index (χ0n) is 17.3. The van der Waals surface area contributed by atoms with Crippen LogP contribution in [0.4, 0.5) is 5.69 Å². The van der Waals surface area contributed by atoms with Crippen LogP contribution in [0.5, 0.6) is 5.75 Å². The predicted molar refractivity (Wildman–Crippen MR) is 119 cm³/mol. The summed E-state index contributed by atoms with van der Waals surface area (Å²) in [5.41, 5.74) is 2.18. The lowest BCUT2D eigenvalue weighted by Gasteiger charge is -2.17. The van der Waals surface area contributed by atoms with Crippen molar-refractivity contribution in [1.82, 2.24) is 0 Å². The normalized spacial score (nSPS) is 12.3. The van der Waals surface area contributed by atoms with Crippen molar-refractivity contribution in [3.05, 3.63) is 71.3 Å². The minimum atomic E-state index is -3.49. The summed E-state index contributed by atoms with van der Waals surface area (Å²) in [6, 6.07) is 18.0. The zero-order valence-corrected chi connectivity index (χ0v) is 18.1. The second kappa shape index (κ2) is 9.79. The van der Waals surface area contributed by atoms with Crippen LogP contribution in [0.1, 0.15) is 29.7 Å². The third kappa shape index (κ3) is 5.73. The molecule has 0 aromatic heterocycles. The highest BCUT2D eigenvalue weighted by molar-refractivity contribution is 7.92. The Labute approximate surface area is 181 Å². The maximum atomic E-state index is 12.1. The van der Waals surface area contributed by atoms with Gasteiger partial charge in [-0.1, -0.05) is 18.2 Å². The van der Waals surface area contributed by atoms with E-state index in [0.717, 1.165) is 10.8 Å². The molecule has 0 spiro atoms. The van der Waals surface area contributed by atoms with Crippen LogP contribution in [0.25, 0.3) is 10.8 Å². The summed E-state index contributed by atoms with van der Waals surface area (Å²) >= 11 is 0. The highest BCUT2D eigenvalue weighted by Gasteiger charge is 2.16. The van der Waals surface area contributed by atoms with Gasteiger partial charge in [0.25, 0.3) is 0 Å². The first kappa shape index (κ1) is 22.6. The van der Waals surface area contributed by atoms with Gasteiger partial charge < -0.3 is 14.6 Å². The Morgan fingerprint density at radius 2 is 1.87 bits per heavy atom. The van der Waals surface area contributed by atoms with Crippen LogP contribution in [0.3, 0.4) is 0 Å². The highest BCUT2D eigenvalue weighted by Crippen LogP contribution is 2.30. The minimum absolute atomic E-state index is 0.0495. The van der Waals surface area contributed by atoms with Crippen LogP contribution in [0, 0.1) is 11.3 Å². The molecule has 0 unspecified atom stereocenters. The minimum Gasteiger partial charge on any atom is -0.468 e. The lowest BCUT2D eigenvalue weighted by atomic mass is 9.97. The van der Waals surface area contributed by atoms with Gasteiger partial charge in [-0.2, -0.15) is 5.26 Å². The van der Waals surface area contributed by atoms with Crippen molar-refractivity contribution in [2.45, 2.75) is 19.4 Å². The first-order chi connectivity index (χ1) is 14.8. The largest absolute Gasteiger partial charge is 0.468 e. The number of hydrogen-bond donors (Lipinski definition) is 2. The molecule has 0 fully saturated rings. The number of nitrogens with zero attached hydrogens (tertiary/aromatic N) is 1. The van der Waals surface area contributed by atoms with Crippen molar-refractivity contribution in [3.8, 4) is 11.8 Å². The summed E-state index contributed by atoms with van der Waals surface area (Å²) in [6.45, 7) is 1.60. The first-order valence-electron chi connectivity index (χ1n) is 9.72. The summed E-state index contributed by atoms with van der Waals surface area (Å²) in [7, 11) is -1.98. The molecule has 0 heterocycles. The standard InChI is InChI=1S/C23H24N2O5S/c1-3-31(27,28)25-22-9-8-21(30-15-29-2)12-20(22)13-23(26)18-7-6-17-5-4-16(14-24)10-19(17)11-18/h4-12,23,25-26H,3,13,15H2,1-2H3/t23-/m0/s1. The predicted octanol–water partition coefficient (Wildman–Crippen LogP) is 3.73. The number of aliphatic hydroxyl groups excluding tert-OH is 1. The lowest BCUT2D eigenvalue weighted by molar-refractivity contribution is 0.0510. The maximum Gasteiger partial charge on any atom is 0.232 e. The van der Waals surface area contributed by atoms with E-state index in [2.05, 4.69) is 10.8 Å². The number of rotatable bonds is 9. The summed E-state index contributed by atoms with van der Waals surface area (Å²) in [5, 5.41) is 21.8. The number of aliphatic hydroxyl groups is 1. The number of benzene rings is 3. The Kier molecular flexibility index (Phi) is 7.13. The summed E-state index contributed by atoms with van der Waals surface area (Å²) in [6.07, 6.45) is -0.729. The van der Waals surface area contributed by atoms with E-state index in [9.17, 15) is 13.5 Å². The monoisotopic (exact) mass is 440 g/mol. The van der Waals surface area contributed by atoms with Crippen LogP contribution < -0.4 is 9.46 Å². The van der Waals surface area contributed by atoms with Crippen LogP contribution in [-0.2, 0) is 21.2 Å². The van der Waals surface area contributed by atoms with Crippen LogP contribution in [0.2, 0.25) is 0 Å². The molecule has 0 saturated heterocycles. The zero-order chi connectivity index (χ0) is 22.4. The first-order valence-corrected chi connectivity index (χ1v) is 11.4. The van der Waals surface area contributed by atoms with E-state index in [1.165, 1.54) is 7.11 Å². The fourth-order valence-corrected chi connectivity index (χ4v) is 3.84. The molecule has 0 aliphatic heterocycles. The van der Waals surface area contributed by atoms with E-state index in [4.69, 9.17) is 14.7 Å². The SMILES string of the molecule is CCS(=O)(=O)Nc1ccc(OCOC)cc1C[C@H](O)c1ccc2ccc(C#N)cc2c1. The summed E-state index contributed by atoms with van der Waals surface area (Å²) in [4.78, 5) is 0. The van der Waals surface area contributed by atoms with Crippen molar-refractivity contribution < 1.29 is 23.0 Å². The number of sulfonamides is 1. The number of anilines is 1. The molecule has 0 aliphatic carbocycles. The van der Waals surface area contributed by atoms with Gasteiger partial charge in [-0.15, -0.1) is 0 Å². The molecular formula is C23H24N2O5S. The third-order valence-electron chi connectivity index (χ3n) is 4.86. The molecule has 3 aromatic carbocycles. The van der Waals surface area contributed by atoms with Crippen molar-refractivity contribution in [2.75, 3.05) is 24.4 Å². The van der Waals surface area contributed by atoms with E-state index in [1.807, 2.05) is 24.3 Å². The van der Waals surface area contributed by atoms with Crippen molar-refractivity contribution in [1.29, 1.82) is 5.26 Å². The molecule has 0 bridgehead atoms. The average molecular weight is 441 g/mol. The van der Waals surface area contributed by atoms with E-state index in [-0.39, 0.29) is 19.0 Å². The van der Waals surface area contributed by atoms with Gasteiger partial charge in [-0.25, -0.2) is 8.42 Å². The molecular weight excluding hydrogens is 416 g/mol. The fraction of sp³-hybridized carbons (Fsp3) is 0.261. The summed E-state index contributed by atoms with van der Waals surface area (Å²) < 4.78 is 37.1. The van der Waals surface area contributed by atoms with Crippen molar-refractivity contribution in [3.63, 3.8) is 0 Å². The van der Waals surface area contributed by atoms with E-state index < -0.39 is 16.1 Å². The maximum absolute atomic E-state index is 12.1. The van der Waals surface area contributed by atoms with Crippen LogP contribution in [-0.4, -0.2) is 33.2 Å². The number of fused-ring (bicyclic) bond motifs is 1. The van der Waals surface area contributed by atoms with Gasteiger partial charge in [0.2, 0.25) is 10.0 Å². The number of nitriles is 1. The van der Waals surface area contributed by atoms with Crippen LogP contribution >= 0.6 is 0 Å². The average Bonchev–Trinajstić information content (AvgIpc) is 2.78. The van der Waals surface area contributed by atoms with Gasteiger partial charge in [-0.3, -0.25) is 4.72 Å². The molecule has 1 atom stereocenters. The Morgan fingerprint density at radius 3 is 2.58 bits per heavy atom. The molecule has 2 N–H and O–H groups in total. The molecule has 0 saturated carbocycles. The molecule has 0 radical (unpaired) electrons. The van der Waals surface area contributed by atoms with Crippen LogP contribution in [0.15, 0.2) is 54.6 Å². The smallest absolute Gasteiger partial charge is 0.232 e. The molecule has 0 amide bonds. The Balaban J connectivity index is 1.93. The Morgan fingerprint density at radius 1 is 1.10 bits per heavy atom. The number of methoxy groups -OCH3 is 1. The summed E-state index contributed by atoms with van der Waals surface area (Å²) in [5.74, 6) is 0.434. The molecule has 3 rings (SSSR count). The van der Waals surface area contributed by atoms with E-state index >= 15 is 0 Å². The topological polar surface area (TPSA) is 109 Å². The van der Waals surface area contributed by atoms with E-state index in [1.54, 1.807) is 37.3 Å². The molecule has 7 nitrogen and oxygen atoms in total. The molecule has 3 aromatic rings. The second-order valence-electron chi connectivity index (χ2n) is 7.03. The van der Waals surface area contributed by atoms with Crippen molar-refractivity contribution in [2.24, 2.45) is 0 Å². The van der Waals surface area contributed by atoms with Gasteiger partial charge in [0.15, 0.2) is 6.79 Å². The van der Waals surface area contributed by atoms with Gasteiger partial charge in [0, 0.05) is 13.5 Å². The van der Waals surface area contributed by atoms with E-state index in [0.29, 0.717) is 28.1 Å². The number of nitrogens with one attached hydrogen (secondary N) is 1. The second-order valence-corrected chi connectivity index (χ2v) is 9.04. The van der Waals surface area contributed by atoms with Crippen molar-refractivity contribution >= 4 is 26.5 Å². The molecule has 31 heavy (non-hydrogen) atoms. The Bertz CT molecular complexity index is 1220. The number of ether oxygens (including phenoxy) is 2. The van der Waals surface area contributed by atoms with Gasteiger partial charge in [-0.05, 0) is 65.2 Å². The van der Waals surface area contributed by atoms with Gasteiger partial charge in [0.1, 0.15) is 5.75 Å². The lowest BCUT2D eigenvalue weighted by Crippen LogP contribution is -2.16. The Hall–Kier alpha value is -3.12. The highest BCUT2D eigenvalue weighted by atomic mass is 32.2. The molecule has 8 heteroatoms.